The van der Waals surface area contributed by atoms with Crippen molar-refractivity contribution in [1.82, 2.24) is 15.3 Å². The molecule has 9 heteroatoms. The number of benzene rings is 1. The summed E-state index contributed by atoms with van der Waals surface area (Å²) in [5.74, 6) is -0.584. The van der Waals surface area contributed by atoms with Crippen LogP contribution in [0.2, 0.25) is 10.2 Å². The molecule has 1 amide bonds. The van der Waals surface area contributed by atoms with Crippen molar-refractivity contribution in [3.05, 3.63) is 57.8 Å². The number of halogens is 2. The highest BCUT2D eigenvalue weighted by atomic mass is 35.5. The molecule has 0 unspecified atom stereocenters. The normalized spacial score (nSPS) is 10.7. The molecule has 1 aromatic carbocycles. The molecule has 0 spiro atoms. The van der Waals surface area contributed by atoms with Crippen LogP contribution in [0.15, 0.2) is 35.0 Å². The number of fused-ring (bicyclic) bond motifs is 1. The number of aromatic nitrogens is 2. The fourth-order valence-electron chi connectivity index (χ4n) is 2.23. The van der Waals surface area contributed by atoms with Crippen LogP contribution in [0.4, 0.5) is 0 Å². The monoisotopic (exact) mass is 379 g/mol. The third-order valence-electron chi connectivity index (χ3n) is 3.30. The molecule has 0 aliphatic heterocycles. The molecule has 0 aliphatic rings. The van der Waals surface area contributed by atoms with Gasteiger partial charge in [0.2, 0.25) is 0 Å². The predicted octanol–water partition coefficient (Wildman–Crippen LogP) is 3.25. The van der Waals surface area contributed by atoms with E-state index in [1.54, 1.807) is 12.1 Å². The van der Waals surface area contributed by atoms with Crippen LogP contribution in [0, 0.1) is 0 Å². The van der Waals surface area contributed by atoms with E-state index in [1.807, 2.05) is 0 Å². The molecule has 2 aromatic heterocycles. The van der Waals surface area contributed by atoms with E-state index in [9.17, 15) is 9.59 Å². The average molecular weight is 380 g/mol. The zero-order valence-electron chi connectivity index (χ0n) is 12.9. The summed E-state index contributed by atoms with van der Waals surface area (Å²) in [4.78, 5) is 31.6. The van der Waals surface area contributed by atoms with Crippen molar-refractivity contribution in [1.29, 1.82) is 0 Å². The molecule has 0 saturated carbocycles. The van der Waals surface area contributed by atoms with Crippen molar-refractivity contribution in [2.45, 2.75) is 6.54 Å². The Bertz CT molecular complexity index is 971. The third-order valence-corrected chi connectivity index (χ3v) is 3.70. The number of rotatable bonds is 4. The number of hydrogen-bond acceptors (Lipinski definition) is 6. The minimum absolute atomic E-state index is 0.0833. The number of esters is 1. The highest BCUT2D eigenvalue weighted by Gasteiger charge is 2.17. The largest absolute Gasteiger partial charge is 0.465 e. The van der Waals surface area contributed by atoms with Crippen LogP contribution >= 0.6 is 23.2 Å². The minimum Gasteiger partial charge on any atom is -0.465 e. The van der Waals surface area contributed by atoms with Crippen LogP contribution in [0.5, 0.6) is 0 Å². The van der Waals surface area contributed by atoms with Gasteiger partial charge in [-0.15, -0.1) is 0 Å². The van der Waals surface area contributed by atoms with E-state index >= 15 is 0 Å². The van der Waals surface area contributed by atoms with E-state index in [1.165, 1.54) is 25.6 Å². The van der Waals surface area contributed by atoms with Gasteiger partial charge < -0.3 is 14.5 Å². The summed E-state index contributed by atoms with van der Waals surface area (Å²) >= 11 is 11.7. The SMILES string of the molecule is COC(=O)c1cc(Cl)cc2cc(CNC(=O)c3cncc(Cl)n3)oc12. The van der Waals surface area contributed by atoms with Gasteiger partial charge in [-0.2, -0.15) is 0 Å². The number of furan rings is 1. The van der Waals surface area contributed by atoms with Crippen LogP contribution in [0.1, 0.15) is 26.6 Å². The highest BCUT2D eigenvalue weighted by Crippen LogP contribution is 2.28. The van der Waals surface area contributed by atoms with Gasteiger partial charge >= 0.3 is 5.97 Å². The summed E-state index contributed by atoms with van der Waals surface area (Å²) in [6.07, 6.45) is 2.63. The number of ether oxygens (including phenoxy) is 1. The first-order valence-corrected chi connectivity index (χ1v) is 7.79. The maximum absolute atomic E-state index is 12.1. The molecular weight excluding hydrogens is 369 g/mol. The van der Waals surface area contributed by atoms with Gasteiger partial charge in [0.05, 0.1) is 26.0 Å². The Hall–Kier alpha value is -2.64. The van der Waals surface area contributed by atoms with Gasteiger partial charge in [0.25, 0.3) is 5.91 Å². The molecule has 128 valence electrons. The Morgan fingerprint density at radius 2 is 2.04 bits per heavy atom. The lowest BCUT2D eigenvalue weighted by Crippen LogP contribution is -2.23. The Morgan fingerprint density at radius 1 is 1.24 bits per heavy atom. The Balaban J connectivity index is 1.83. The smallest absolute Gasteiger partial charge is 0.341 e. The molecule has 0 aliphatic carbocycles. The summed E-state index contributed by atoms with van der Waals surface area (Å²) < 4.78 is 10.4. The summed E-state index contributed by atoms with van der Waals surface area (Å²) in [6.45, 7) is 0.0833. The quantitative estimate of drug-likeness (QED) is 0.699. The number of carbonyl (C=O) groups is 2. The lowest BCUT2D eigenvalue weighted by Gasteiger charge is -2.02. The molecule has 1 N–H and O–H groups in total. The van der Waals surface area contributed by atoms with Crippen LogP contribution in [-0.4, -0.2) is 29.0 Å². The Labute approximate surface area is 151 Å². The second-order valence-corrected chi connectivity index (χ2v) is 5.81. The molecule has 0 atom stereocenters. The number of carbonyl (C=O) groups excluding carboxylic acids is 2. The fraction of sp³-hybridized carbons (Fsp3) is 0.125. The zero-order valence-corrected chi connectivity index (χ0v) is 14.4. The number of methoxy groups -OCH3 is 1. The summed E-state index contributed by atoms with van der Waals surface area (Å²) in [6, 6.07) is 4.79. The summed E-state index contributed by atoms with van der Waals surface area (Å²) in [5.41, 5.74) is 0.633. The number of nitrogens with zero attached hydrogens (tertiary/aromatic N) is 2. The molecular formula is C16H11Cl2N3O4. The Kier molecular flexibility index (Phi) is 4.87. The van der Waals surface area contributed by atoms with Crippen LogP contribution in [0.3, 0.4) is 0 Å². The van der Waals surface area contributed by atoms with Crippen LogP contribution in [-0.2, 0) is 11.3 Å². The van der Waals surface area contributed by atoms with Crippen LogP contribution < -0.4 is 5.32 Å². The molecule has 3 rings (SSSR count). The van der Waals surface area contributed by atoms with Gasteiger partial charge in [0, 0.05) is 10.4 Å². The molecule has 7 nitrogen and oxygen atoms in total. The van der Waals surface area contributed by atoms with Gasteiger partial charge in [-0.3, -0.25) is 9.78 Å². The van der Waals surface area contributed by atoms with Crippen molar-refractivity contribution < 1.29 is 18.7 Å². The van der Waals surface area contributed by atoms with Gasteiger partial charge in [-0.05, 0) is 18.2 Å². The maximum Gasteiger partial charge on any atom is 0.341 e. The number of amides is 1. The first-order chi connectivity index (χ1) is 12.0. The first-order valence-electron chi connectivity index (χ1n) is 7.04. The lowest BCUT2D eigenvalue weighted by molar-refractivity contribution is 0.0601. The van der Waals surface area contributed by atoms with E-state index in [4.69, 9.17) is 32.4 Å². The average Bonchev–Trinajstić information content (AvgIpc) is 3.00. The molecule has 0 fully saturated rings. The van der Waals surface area contributed by atoms with Crippen molar-refractivity contribution >= 4 is 46.0 Å². The fourth-order valence-corrected chi connectivity index (χ4v) is 2.60. The van der Waals surface area contributed by atoms with E-state index in [0.717, 1.165) is 0 Å². The zero-order chi connectivity index (χ0) is 18.0. The molecule has 3 aromatic rings. The molecule has 25 heavy (non-hydrogen) atoms. The lowest BCUT2D eigenvalue weighted by atomic mass is 10.1. The summed E-state index contributed by atoms with van der Waals surface area (Å²) in [7, 11) is 1.27. The van der Waals surface area contributed by atoms with Crippen molar-refractivity contribution in [3.63, 3.8) is 0 Å². The maximum atomic E-state index is 12.1. The van der Waals surface area contributed by atoms with Gasteiger partial charge in [-0.25, -0.2) is 9.78 Å². The van der Waals surface area contributed by atoms with E-state index in [2.05, 4.69) is 15.3 Å². The van der Waals surface area contributed by atoms with E-state index in [0.29, 0.717) is 21.8 Å². The highest BCUT2D eigenvalue weighted by molar-refractivity contribution is 6.32. The Morgan fingerprint density at radius 3 is 2.76 bits per heavy atom. The second-order valence-electron chi connectivity index (χ2n) is 4.99. The number of hydrogen-bond donors (Lipinski definition) is 1. The topological polar surface area (TPSA) is 94.3 Å². The molecule has 0 saturated heterocycles. The van der Waals surface area contributed by atoms with Gasteiger partial charge in [-0.1, -0.05) is 23.2 Å². The van der Waals surface area contributed by atoms with E-state index in [-0.39, 0.29) is 23.0 Å². The predicted molar refractivity (Wildman–Crippen MR) is 90.8 cm³/mol. The van der Waals surface area contributed by atoms with Gasteiger partial charge in [0.15, 0.2) is 0 Å². The van der Waals surface area contributed by atoms with Crippen molar-refractivity contribution in [2.24, 2.45) is 0 Å². The first kappa shape index (κ1) is 17.2. The van der Waals surface area contributed by atoms with Crippen molar-refractivity contribution in [2.75, 3.05) is 7.11 Å². The second kappa shape index (κ2) is 7.08. The summed E-state index contributed by atoms with van der Waals surface area (Å²) in [5, 5.41) is 3.76. The standard InChI is InChI=1S/C16H11Cl2N3O4/c1-24-16(23)11-4-9(17)2-8-3-10(25-14(8)11)5-20-15(22)12-6-19-7-13(18)21-12/h2-4,6-7H,5H2,1H3,(H,20,22). The van der Waals surface area contributed by atoms with Crippen molar-refractivity contribution in [3.8, 4) is 0 Å². The van der Waals surface area contributed by atoms with E-state index < -0.39 is 11.9 Å². The molecule has 0 radical (unpaired) electrons. The van der Waals surface area contributed by atoms with Crippen LogP contribution in [0.25, 0.3) is 11.0 Å². The minimum atomic E-state index is -0.563. The number of nitrogens with one attached hydrogen (secondary N) is 1. The van der Waals surface area contributed by atoms with Gasteiger partial charge in [0.1, 0.15) is 27.8 Å². The molecule has 2 heterocycles. The molecule has 0 bridgehead atoms. The third kappa shape index (κ3) is 3.72.